The number of amides is 1. The molecule has 0 unspecified atom stereocenters. The van der Waals surface area contributed by atoms with Crippen molar-refractivity contribution >= 4 is 25.7 Å². The summed E-state index contributed by atoms with van der Waals surface area (Å²) in [6.45, 7) is 5.10. The standard InChI is InChI=1S/C49H95N2O12P/c1-4-7-10-13-16-19-22-24-27-30-33-40(34-31-28-25-23-20-17-14-11-8-5-2)48(55)62-46-43(51-45(54)36-41(53)35-32-29-26-21-18-15-12-9-6-3)38-60-44(47(46)63-64(57,58)59)39-61-49(56)42(50)37-52/h40-44,46-47,52-53H,4-39,50H2,1-3H3,(H,51,54)(H2,57,58,59)/t41-,42+,43+,44-,46-,47-/m1/s1. The molecule has 6 atom stereocenters. The summed E-state index contributed by atoms with van der Waals surface area (Å²) in [6.07, 6.45) is 29.2. The molecule has 1 aliphatic rings. The first-order valence-corrected chi connectivity index (χ1v) is 27.5. The van der Waals surface area contributed by atoms with E-state index in [1.807, 2.05) is 0 Å². The van der Waals surface area contributed by atoms with Gasteiger partial charge >= 0.3 is 19.8 Å². The van der Waals surface area contributed by atoms with Crippen molar-refractivity contribution < 1.29 is 57.7 Å². The molecule has 1 fully saturated rings. The van der Waals surface area contributed by atoms with Gasteiger partial charge in [0.15, 0.2) is 6.10 Å². The maximum Gasteiger partial charge on any atom is 0.470 e. The van der Waals surface area contributed by atoms with E-state index in [0.29, 0.717) is 19.3 Å². The van der Waals surface area contributed by atoms with Crippen LogP contribution in [0.15, 0.2) is 0 Å². The Kier molecular flexibility index (Phi) is 37.1. The number of carbonyl (C=O) groups excluding carboxylic acids is 3. The summed E-state index contributed by atoms with van der Waals surface area (Å²) in [7, 11) is -5.27. The number of hydrogen-bond donors (Lipinski definition) is 6. The third kappa shape index (κ3) is 31.4. The first-order valence-electron chi connectivity index (χ1n) is 25.9. The van der Waals surface area contributed by atoms with Crippen LogP contribution in [-0.2, 0) is 37.7 Å². The van der Waals surface area contributed by atoms with Crippen LogP contribution in [0.5, 0.6) is 0 Å². The Morgan fingerprint density at radius 3 is 1.45 bits per heavy atom. The van der Waals surface area contributed by atoms with Crippen LogP contribution in [0.1, 0.15) is 233 Å². The van der Waals surface area contributed by atoms with Crippen LogP contribution in [0.25, 0.3) is 0 Å². The highest BCUT2D eigenvalue weighted by Gasteiger charge is 2.48. The molecule has 0 aromatic carbocycles. The summed E-state index contributed by atoms with van der Waals surface area (Å²) >= 11 is 0. The molecule has 0 spiro atoms. The SMILES string of the molecule is CCCCCCCCCCCCC(CCCCCCCCCCCC)C(=O)O[C@H]1[C@H](OP(=O)(O)O)[C@@H](COC(=O)[C@@H](N)CO)OC[C@@H]1NC(=O)C[C@H](O)CCCCCCCCCCC. The van der Waals surface area contributed by atoms with E-state index in [0.717, 1.165) is 77.0 Å². The average molecular weight is 935 g/mol. The van der Waals surface area contributed by atoms with Crippen molar-refractivity contribution in [2.45, 2.75) is 269 Å². The molecule has 64 heavy (non-hydrogen) atoms. The third-order valence-electron chi connectivity index (χ3n) is 12.5. The number of phosphoric ester groups is 1. The highest BCUT2D eigenvalue weighted by Crippen LogP contribution is 2.42. The zero-order valence-electron chi connectivity index (χ0n) is 40.6. The first kappa shape index (κ1) is 60.4. The fraction of sp³-hybridized carbons (Fsp3) is 0.939. The average Bonchev–Trinajstić information content (AvgIpc) is 3.26. The number of esters is 2. The number of aliphatic hydroxyl groups is 2. The molecule has 15 heteroatoms. The minimum Gasteiger partial charge on any atom is -0.462 e. The molecule has 1 saturated heterocycles. The highest BCUT2D eigenvalue weighted by molar-refractivity contribution is 7.46. The van der Waals surface area contributed by atoms with Crippen LogP contribution < -0.4 is 11.1 Å². The lowest BCUT2D eigenvalue weighted by molar-refractivity contribution is -0.196. The van der Waals surface area contributed by atoms with Crippen molar-refractivity contribution in [1.82, 2.24) is 5.32 Å². The molecule has 1 aliphatic heterocycles. The smallest absolute Gasteiger partial charge is 0.462 e. The Morgan fingerprint density at radius 2 is 1.05 bits per heavy atom. The minimum atomic E-state index is -5.27. The Labute approximate surface area is 388 Å². The molecular formula is C49H95N2O12P. The molecule has 0 saturated carbocycles. The number of aliphatic hydroxyl groups excluding tert-OH is 2. The zero-order chi connectivity index (χ0) is 47.3. The second-order valence-corrected chi connectivity index (χ2v) is 19.7. The van der Waals surface area contributed by atoms with Crippen LogP contribution in [0, 0.1) is 5.92 Å². The zero-order valence-corrected chi connectivity index (χ0v) is 41.5. The van der Waals surface area contributed by atoms with Gasteiger partial charge in [-0.1, -0.05) is 207 Å². The maximum absolute atomic E-state index is 14.3. The number of unbranched alkanes of at least 4 members (excludes halogenated alkanes) is 26. The Balaban J connectivity index is 3.13. The molecule has 1 amide bonds. The number of hydrogen-bond acceptors (Lipinski definition) is 11. The van der Waals surface area contributed by atoms with Gasteiger partial charge in [0, 0.05) is 0 Å². The van der Waals surface area contributed by atoms with E-state index in [2.05, 4.69) is 26.1 Å². The van der Waals surface area contributed by atoms with Gasteiger partial charge in [0.25, 0.3) is 0 Å². The number of nitrogens with one attached hydrogen (secondary N) is 1. The number of ether oxygens (including phenoxy) is 3. The Morgan fingerprint density at radius 1 is 0.641 bits per heavy atom. The topological polar surface area (TPSA) is 224 Å². The normalized spacial score (nSPS) is 18.8. The van der Waals surface area contributed by atoms with Crippen molar-refractivity contribution in [3.8, 4) is 0 Å². The molecule has 0 radical (unpaired) electrons. The molecule has 378 valence electrons. The molecule has 14 nitrogen and oxygen atoms in total. The highest BCUT2D eigenvalue weighted by atomic mass is 31.2. The van der Waals surface area contributed by atoms with Crippen LogP contribution in [0.2, 0.25) is 0 Å². The lowest BCUT2D eigenvalue weighted by Gasteiger charge is -2.42. The Bertz CT molecular complexity index is 1180. The molecule has 0 aromatic rings. The summed E-state index contributed by atoms with van der Waals surface area (Å²) in [5.74, 6) is -2.56. The van der Waals surface area contributed by atoms with Gasteiger partial charge in [-0.25, -0.2) is 4.57 Å². The number of rotatable bonds is 43. The van der Waals surface area contributed by atoms with E-state index in [9.17, 15) is 38.9 Å². The van der Waals surface area contributed by atoms with E-state index in [1.54, 1.807) is 0 Å². The second kappa shape index (κ2) is 39.4. The first-order chi connectivity index (χ1) is 30.9. The lowest BCUT2D eigenvalue weighted by atomic mass is 9.93. The summed E-state index contributed by atoms with van der Waals surface area (Å²) in [5, 5.41) is 22.9. The van der Waals surface area contributed by atoms with Crippen molar-refractivity contribution in [2.75, 3.05) is 19.8 Å². The van der Waals surface area contributed by atoms with Crippen LogP contribution in [-0.4, -0.2) is 94.2 Å². The van der Waals surface area contributed by atoms with E-state index in [4.69, 9.17) is 24.5 Å². The van der Waals surface area contributed by atoms with E-state index < -0.39 is 81.3 Å². The van der Waals surface area contributed by atoms with Gasteiger partial charge in [0.1, 0.15) is 24.9 Å². The molecule has 0 aliphatic carbocycles. The number of nitrogens with two attached hydrogens (primary N) is 1. The summed E-state index contributed by atoms with van der Waals surface area (Å²) in [6, 6.07) is -2.46. The van der Waals surface area contributed by atoms with Crippen LogP contribution in [0.3, 0.4) is 0 Å². The van der Waals surface area contributed by atoms with Gasteiger partial charge < -0.3 is 45.3 Å². The van der Waals surface area contributed by atoms with Gasteiger partial charge in [-0.3, -0.25) is 18.9 Å². The fourth-order valence-electron chi connectivity index (χ4n) is 8.54. The van der Waals surface area contributed by atoms with Gasteiger partial charge in [-0.05, 0) is 19.3 Å². The predicted molar refractivity (Wildman–Crippen MR) is 253 cm³/mol. The van der Waals surface area contributed by atoms with Crippen molar-refractivity contribution in [3.05, 3.63) is 0 Å². The van der Waals surface area contributed by atoms with E-state index >= 15 is 0 Å². The van der Waals surface area contributed by atoms with Crippen molar-refractivity contribution in [3.63, 3.8) is 0 Å². The van der Waals surface area contributed by atoms with E-state index in [-0.39, 0.29) is 13.0 Å². The lowest BCUT2D eigenvalue weighted by Crippen LogP contribution is -2.62. The third-order valence-corrected chi connectivity index (χ3v) is 13.0. The van der Waals surface area contributed by atoms with Gasteiger partial charge in [-0.2, -0.15) is 0 Å². The van der Waals surface area contributed by atoms with Crippen LogP contribution in [0.4, 0.5) is 0 Å². The van der Waals surface area contributed by atoms with Crippen molar-refractivity contribution in [1.29, 1.82) is 0 Å². The van der Waals surface area contributed by atoms with Crippen molar-refractivity contribution in [2.24, 2.45) is 11.7 Å². The molecule has 0 aromatic heterocycles. The molecule has 1 heterocycles. The molecule has 1 rings (SSSR count). The quantitative estimate of drug-likeness (QED) is 0.0190. The predicted octanol–water partition coefficient (Wildman–Crippen LogP) is 10.0. The second-order valence-electron chi connectivity index (χ2n) is 18.5. The minimum absolute atomic E-state index is 0.224. The molecule has 7 N–H and O–H groups in total. The summed E-state index contributed by atoms with van der Waals surface area (Å²) < 4.78 is 35.0. The molecule has 0 bridgehead atoms. The maximum atomic E-state index is 14.3. The fourth-order valence-corrected chi connectivity index (χ4v) is 9.12. The number of carbonyl (C=O) groups is 3. The summed E-state index contributed by atoms with van der Waals surface area (Å²) in [4.78, 5) is 60.2. The van der Waals surface area contributed by atoms with Gasteiger partial charge in [0.2, 0.25) is 5.91 Å². The number of phosphoric acid groups is 1. The van der Waals surface area contributed by atoms with Gasteiger partial charge in [0.05, 0.1) is 37.7 Å². The van der Waals surface area contributed by atoms with Gasteiger partial charge in [-0.15, -0.1) is 0 Å². The molecular weight excluding hydrogens is 840 g/mol. The monoisotopic (exact) mass is 935 g/mol. The summed E-state index contributed by atoms with van der Waals surface area (Å²) in [5.41, 5.74) is 5.62. The Hall–Kier alpha value is -1.64. The largest absolute Gasteiger partial charge is 0.470 e. The van der Waals surface area contributed by atoms with Crippen LogP contribution >= 0.6 is 7.82 Å². The van der Waals surface area contributed by atoms with E-state index in [1.165, 1.54) is 109 Å².